The van der Waals surface area contributed by atoms with Gasteiger partial charge in [-0.1, -0.05) is 35.5 Å². The van der Waals surface area contributed by atoms with Crippen molar-refractivity contribution in [2.75, 3.05) is 6.54 Å². The van der Waals surface area contributed by atoms with Crippen LogP contribution in [0.1, 0.15) is 39.3 Å². The number of rotatable bonds is 6. The van der Waals surface area contributed by atoms with Crippen molar-refractivity contribution in [2.24, 2.45) is 0 Å². The molecular formula is C20H21N5O3. The number of nitrogens with zero attached hydrogens (tertiary/aromatic N) is 4. The lowest BCUT2D eigenvalue weighted by molar-refractivity contribution is 0.0720. The fraction of sp³-hybridized carbons (Fsp3) is 0.300. The Morgan fingerprint density at radius 3 is 2.86 bits per heavy atom. The van der Waals surface area contributed by atoms with Gasteiger partial charge in [0.05, 0.1) is 30.6 Å². The van der Waals surface area contributed by atoms with Gasteiger partial charge in [-0.25, -0.2) is 4.68 Å². The molecule has 1 fully saturated rings. The Hall–Kier alpha value is -3.42. The predicted octanol–water partition coefficient (Wildman–Crippen LogP) is 2.11. The molecule has 1 aliphatic heterocycles. The minimum Gasteiger partial charge on any atom is -0.472 e. The Morgan fingerprint density at radius 1 is 1.21 bits per heavy atom. The van der Waals surface area contributed by atoms with E-state index in [9.17, 15) is 9.59 Å². The first kappa shape index (κ1) is 18.0. The molecule has 1 atom stereocenters. The molecule has 0 radical (unpaired) electrons. The van der Waals surface area contributed by atoms with E-state index in [4.69, 9.17) is 4.42 Å². The number of hydrogen-bond acceptors (Lipinski definition) is 5. The van der Waals surface area contributed by atoms with E-state index < -0.39 is 0 Å². The summed E-state index contributed by atoms with van der Waals surface area (Å²) in [6.07, 6.45) is 6.41. The monoisotopic (exact) mass is 379 g/mol. The van der Waals surface area contributed by atoms with Crippen LogP contribution in [0.3, 0.4) is 0 Å². The maximum atomic E-state index is 12.6. The number of benzene rings is 1. The first-order valence-corrected chi connectivity index (χ1v) is 9.26. The predicted molar refractivity (Wildman–Crippen MR) is 100 cm³/mol. The van der Waals surface area contributed by atoms with E-state index in [1.54, 1.807) is 16.9 Å². The maximum absolute atomic E-state index is 12.6. The van der Waals surface area contributed by atoms with Crippen LogP contribution in [-0.2, 0) is 13.1 Å². The molecule has 1 saturated heterocycles. The summed E-state index contributed by atoms with van der Waals surface area (Å²) in [4.78, 5) is 26.7. The minimum absolute atomic E-state index is 0.0179. The average molecular weight is 379 g/mol. The van der Waals surface area contributed by atoms with Crippen LogP contribution in [-0.4, -0.2) is 44.3 Å². The molecule has 3 heterocycles. The van der Waals surface area contributed by atoms with Gasteiger partial charge in [0.1, 0.15) is 6.26 Å². The zero-order valence-corrected chi connectivity index (χ0v) is 15.3. The normalized spacial score (nSPS) is 16.3. The van der Waals surface area contributed by atoms with Crippen molar-refractivity contribution in [1.82, 2.24) is 25.2 Å². The van der Waals surface area contributed by atoms with Crippen molar-refractivity contribution in [2.45, 2.75) is 32.0 Å². The number of furan rings is 1. The number of amides is 2. The van der Waals surface area contributed by atoms with Gasteiger partial charge in [0.15, 0.2) is 5.69 Å². The summed E-state index contributed by atoms with van der Waals surface area (Å²) in [6.45, 7) is 1.64. The Bertz CT molecular complexity index is 936. The summed E-state index contributed by atoms with van der Waals surface area (Å²) in [5, 5.41) is 10.9. The van der Waals surface area contributed by atoms with Gasteiger partial charge in [0.2, 0.25) is 0 Å². The molecule has 2 aromatic heterocycles. The van der Waals surface area contributed by atoms with E-state index in [0.29, 0.717) is 25.2 Å². The van der Waals surface area contributed by atoms with Crippen molar-refractivity contribution < 1.29 is 14.0 Å². The highest BCUT2D eigenvalue weighted by Crippen LogP contribution is 2.21. The zero-order chi connectivity index (χ0) is 19.3. The number of hydrogen-bond donors (Lipinski definition) is 1. The largest absolute Gasteiger partial charge is 0.472 e. The Labute approximate surface area is 162 Å². The van der Waals surface area contributed by atoms with Crippen LogP contribution in [0.15, 0.2) is 59.5 Å². The van der Waals surface area contributed by atoms with Crippen LogP contribution >= 0.6 is 0 Å². The van der Waals surface area contributed by atoms with Crippen LogP contribution < -0.4 is 5.32 Å². The van der Waals surface area contributed by atoms with Gasteiger partial charge >= 0.3 is 0 Å². The third-order valence-electron chi connectivity index (χ3n) is 4.87. The minimum atomic E-state index is -0.271. The topological polar surface area (TPSA) is 93.3 Å². The Morgan fingerprint density at radius 2 is 2.07 bits per heavy atom. The van der Waals surface area contributed by atoms with Crippen LogP contribution in [0.2, 0.25) is 0 Å². The average Bonchev–Trinajstić information content (AvgIpc) is 3.48. The lowest BCUT2D eigenvalue weighted by Crippen LogP contribution is -2.38. The number of carbonyl (C=O) groups is 2. The summed E-state index contributed by atoms with van der Waals surface area (Å²) in [5.74, 6) is -0.315. The van der Waals surface area contributed by atoms with Crippen molar-refractivity contribution >= 4 is 11.8 Å². The molecule has 0 aliphatic carbocycles. The quantitative estimate of drug-likeness (QED) is 0.708. The van der Waals surface area contributed by atoms with Crippen molar-refractivity contribution in [3.8, 4) is 0 Å². The van der Waals surface area contributed by atoms with Gasteiger partial charge in [0, 0.05) is 13.1 Å². The van der Waals surface area contributed by atoms with Gasteiger partial charge in [-0.3, -0.25) is 9.59 Å². The number of nitrogens with one attached hydrogen (secondary N) is 1. The summed E-state index contributed by atoms with van der Waals surface area (Å²) in [7, 11) is 0. The van der Waals surface area contributed by atoms with E-state index >= 15 is 0 Å². The molecule has 1 N–H and O–H groups in total. The summed E-state index contributed by atoms with van der Waals surface area (Å²) < 4.78 is 6.64. The number of likely N-dealkylation sites (tertiary alicyclic amines) is 1. The standard InChI is InChI=1S/C20H21N5O3/c26-19(21-11-15-5-2-1-3-6-15)18-13-24(23-22-18)12-17-7-4-9-25(17)20(27)16-8-10-28-14-16/h1-3,5-6,8,10,13-14,17H,4,7,9,11-12H2,(H,21,26)/t17-/m0/s1. The molecule has 4 rings (SSSR count). The third kappa shape index (κ3) is 3.95. The number of carbonyl (C=O) groups excluding carboxylic acids is 2. The Balaban J connectivity index is 1.36. The molecule has 2 amide bonds. The molecule has 8 nitrogen and oxygen atoms in total. The molecule has 0 bridgehead atoms. The smallest absolute Gasteiger partial charge is 0.273 e. The highest BCUT2D eigenvalue weighted by Gasteiger charge is 2.30. The summed E-state index contributed by atoms with van der Waals surface area (Å²) in [6, 6.07) is 11.4. The second-order valence-electron chi connectivity index (χ2n) is 6.80. The lowest BCUT2D eigenvalue weighted by atomic mass is 10.2. The second kappa shape index (κ2) is 8.08. The van der Waals surface area contributed by atoms with Crippen molar-refractivity contribution in [3.05, 3.63) is 71.9 Å². The maximum Gasteiger partial charge on any atom is 0.273 e. The molecule has 1 aliphatic rings. The third-order valence-corrected chi connectivity index (χ3v) is 4.87. The molecule has 0 unspecified atom stereocenters. The number of aromatic nitrogens is 3. The molecule has 144 valence electrons. The highest BCUT2D eigenvalue weighted by molar-refractivity contribution is 5.94. The Kier molecular flexibility index (Phi) is 5.18. The van der Waals surface area contributed by atoms with Crippen molar-refractivity contribution in [1.29, 1.82) is 0 Å². The van der Waals surface area contributed by atoms with Crippen molar-refractivity contribution in [3.63, 3.8) is 0 Å². The molecule has 0 spiro atoms. The zero-order valence-electron chi connectivity index (χ0n) is 15.3. The first-order valence-electron chi connectivity index (χ1n) is 9.26. The molecular weight excluding hydrogens is 358 g/mol. The van der Waals surface area contributed by atoms with Gasteiger partial charge < -0.3 is 14.6 Å². The van der Waals surface area contributed by atoms with Gasteiger partial charge in [-0.05, 0) is 24.5 Å². The van der Waals surface area contributed by atoms with E-state index in [0.717, 1.165) is 18.4 Å². The molecule has 0 saturated carbocycles. The van der Waals surface area contributed by atoms with Gasteiger partial charge in [-0.2, -0.15) is 0 Å². The first-order chi connectivity index (χ1) is 13.7. The molecule has 8 heteroatoms. The van der Waals surface area contributed by atoms with Crippen LogP contribution in [0.5, 0.6) is 0 Å². The van der Waals surface area contributed by atoms with E-state index in [1.165, 1.54) is 12.5 Å². The molecule has 1 aromatic carbocycles. The van der Waals surface area contributed by atoms with E-state index in [1.807, 2.05) is 35.2 Å². The molecule has 3 aromatic rings. The second-order valence-corrected chi connectivity index (χ2v) is 6.80. The van der Waals surface area contributed by atoms with E-state index in [-0.39, 0.29) is 23.6 Å². The lowest BCUT2D eigenvalue weighted by Gasteiger charge is -2.23. The molecule has 28 heavy (non-hydrogen) atoms. The summed E-state index contributed by atoms with van der Waals surface area (Å²) in [5.41, 5.74) is 1.83. The fourth-order valence-electron chi connectivity index (χ4n) is 3.42. The highest BCUT2D eigenvalue weighted by atomic mass is 16.3. The van der Waals surface area contributed by atoms with Crippen LogP contribution in [0.4, 0.5) is 0 Å². The van der Waals surface area contributed by atoms with Gasteiger partial charge in [0.25, 0.3) is 11.8 Å². The van der Waals surface area contributed by atoms with Crippen LogP contribution in [0, 0.1) is 0 Å². The fourth-order valence-corrected chi connectivity index (χ4v) is 3.42. The van der Waals surface area contributed by atoms with E-state index in [2.05, 4.69) is 15.6 Å². The SMILES string of the molecule is O=C(NCc1ccccc1)c1cn(C[C@@H]2CCCN2C(=O)c2ccoc2)nn1. The van der Waals surface area contributed by atoms with Crippen LogP contribution in [0.25, 0.3) is 0 Å². The summed E-state index contributed by atoms with van der Waals surface area (Å²) >= 11 is 0. The van der Waals surface area contributed by atoms with Gasteiger partial charge in [-0.15, -0.1) is 5.10 Å².